The van der Waals surface area contributed by atoms with Gasteiger partial charge >= 0.3 is 6.09 Å². The van der Waals surface area contributed by atoms with Gasteiger partial charge in [0, 0.05) is 24.2 Å². The Hall–Kier alpha value is -3.48. The molecule has 35 heavy (non-hydrogen) atoms. The molecular formula is C28H34N2O5. The highest BCUT2D eigenvalue weighted by molar-refractivity contribution is 5.89. The first-order valence-electron chi connectivity index (χ1n) is 12.2. The third-order valence-electron chi connectivity index (χ3n) is 6.93. The lowest BCUT2D eigenvalue weighted by Crippen LogP contribution is -2.32. The van der Waals surface area contributed by atoms with Crippen LogP contribution in [0.1, 0.15) is 49.7 Å². The zero-order chi connectivity index (χ0) is 24.9. The van der Waals surface area contributed by atoms with Gasteiger partial charge in [-0.25, -0.2) is 4.79 Å². The number of carbonyl (C=O) groups is 1. The smallest absolute Gasteiger partial charge is 0.411 e. The first-order valence-corrected chi connectivity index (χ1v) is 12.2. The van der Waals surface area contributed by atoms with Gasteiger partial charge in [-0.15, -0.1) is 0 Å². The molecule has 2 aromatic carbocycles. The number of anilines is 1. The van der Waals surface area contributed by atoms with Crippen molar-refractivity contribution >= 4 is 22.7 Å². The Morgan fingerprint density at radius 1 is 0.971 bits per heavy atom. The average molecular weight is 479 g/mol. The Kier molecular flexibility index (Phi) is 7.63. The monoisotopic (exact) mass is 478 g/mol. The fourth-order valence-electron chi connectivity index (χ4n) is 4.94. The van der Waals surface area contributed by atoms with Gasteiger partial charge in [0.2, 0.25) is 0 Å². The summed E-state index contributed by atoms with van der Waals surface area (Å²) in [7, 11) is 3.18. The molecule has 1 N–H and O–H groups in total. The zero-order valence-corrected chi connectivity index (χ0v) is 21.0. The maximum absolute atomic E-state index is 12.1. The molecule has 1 saturated carbocycles. The van der Waals surface area contributed by atoms with Crippen molar-refractivity contribution in [3.63, 3.8) is 0 Å². The Balaban J connectivity index is 1.61. The van der Waals surface area contributed by atoms with E-state index >= 15 is 0 Å². The van der Waals surface area contributed by atoms with Crippen molar-refractivity contribution in [3.8, 4) is 23.0 Å². The van der Waals surface area contributed by atoms with Gasteiger partial charge < -0.3 is 19.3 Å². The number of fused-ring (bicyclic) bond motifs is 1. The Bertz CT molecular complexity index is 1200. The van der Waals surface area contributed by atoms with Gasteiger partial charge in [-0.05, 0) is 61.6 Å². The normalized spacial score (nSPS) is 14.1. The minimum atomic E-state index is -0.918. The van der Waals surface area contributed by atoms with Crippen molar-refractivity contribution in [1.29, 1.82) is 0 Å². The van der Waals surface area contributed by atoms with Crippen LogP contribution >= 0.6 is 0 Å². The molecule has 1 aromatic heterocycles. The van der Waals surface area contributed by atoms with E-state index in [2.05, 4.69) is 4.98 Å². The summed E-state index contributed by atoms with van der Waals surface area (Å²) in [5, 5.41) is 10.7. The number of ether oxygens (including phenoxy) is 3. The highest BCUT2D eigenvalue weighted by atomic mass is 16.5. The molecule has 1 amide bonds. The van der Waals surface area contributed by atoms with Crippen molar-refractivity contribution in [1.82, 2.24) is 4.98 Å². The predicted octanol–water partition coefficient (Wildman–Crippen LogP) is 7.12. The molecule has 1 aliphatic carbocycles. The van der Waals surface area contributed by atoms with Gasteiger partial charge in [-0.3, -0.25) is 9.88 Å². The molecule has 3 aromatic rings. The Morgan fingerprint density at radius 3 is 2.37 bits per heavy atom. The van der Waals surface area contributed by atoms with Crippen LogP contribution in [0.4, 0.5) is 10.5 Å². The van der Waals surface area contributed by atoms with E-state index in [1.54, 1.807) is 20.4 Å². The van der Waals surface area contributed by atoms with E-state index in [4.69, 9.17) is 14.2 Å². The van der Waals surface area contributed by atoms with Crippen molar-refractivity contribution in [2.75, 3.05) is 25.7 Å². The van der Waals surface area contributed by atoms with Crippen LogP contribution in [0.5, 0.6) is 23.0 Å². The van der Waals surface area contributed by atoms with Gasteiger partial charge in [0.1, 0.15) is 11.5 Å². The summed E-state index contributed by atoms with van der Waals surface area (Å²) in [6.45, 7) is 4.38. The molecule has 0 aliphatic heterocycles. The minimum Gasteiger partial charge on any atom is -0.493 e. The number of rotatable bonds is 8. The summed E-state index contributed by atoms with van der Waals surface area (Å²) in [5.41, 5.74) is 3.16. The lowest BCUT2D eigenvalue weighted by atomic mass is 9.87. The maximum atomic E-state index is 12.1. The average Bonchev–Trinajstić information content (AvgIpc) is 2.86. The van der Waals surface area contributed by atoms with Gasteiger partial charge in [0.25, 0.3) is 0 Å². The molecule has 7 heteroatoms. The summed E-state index contributed by atoms with van der Waals surface area (Å²) >= 11 is 0. The second-order valence-corrected chi connectivity index (χ2v) is 9.27. The van der Waals surface area contributed by atoms with E-state index in [0.29, 0.717) is 41.1 Å². The molecule has 7 nitrogen and oxygen atoms in total. The molecule has 0 radical (unpaired) electrons. The molecule has 1 aliphatic rings. The minimum absolute atomic E-state index is 0.511. The number of benzene rings is 2. The van der Waals surface area contributed by atoms with E-state index in [0.717, 1.165) is 28.5 Å². The number of aromatic nitrogens is 1. The van der Waals surface area contributed by atoms with Crippen molar-refractivity contribution < 1.29 is 24.1 Å². The van der Waals surface area contributed by atoms with Crippen LogP contribution in [0.3, 0.4) is 0 Å². The van der Waals surface area contributed by atoms with E-state index < -0.39 is 6.09 Å². The third kappa shape index (κ3) is 5.45. The van der Waals surface area contributed by atoms with Crippen LogP contribution in [0.15, 0.2) is 36.5 Å². The van der Waals surface area contributed by atoms with Crippen LogP contribution in [-0.2, 0) is 0 Å². The quantitative estimate of drug-likeness (QED) is 0.371. The van der Waals surface area contributed by atoms with Gasteiger partial charge in [0.15, 0.2) is 11.5 Å². The summed E-state index contributed by atoms with van der Waals surface area (Å²) in [6.07, 6.45) is 7.89. The molecule has 0 spiro atoms. The molecular weight excluding hydrogens is 444 g/mol. The van der Waals surface area contributed by atoms with Gasteiger partial charge in [-0.2, -0.15) is 0 Å². The number of hydrogen-bond acceptors (Lipinski definition) is 5. The second kappa shape index (κ2) is 10.8. The number of amides is 1. The van der Waals surface area contributed by atoms with Crippen molar-refractivity contribution in [2.24, 2.45) is 5.92 Å². The first kappa shape index (κ1) is 24.6. The van der Waals surface area contributed by atoms with Gasteiger partial charge in [0.05, 0.1) is 25.4 Å². The molecule has 0 unspecified atom stereocenters. The highest BCUT2D eigenvalue weighted by Crippen LogP contribution is 2.39. The lowest BCUT2D eigenvalue weighted by Gasteiger charge is -2.27. The molecule has 0 saturated heterocycles. The molecule has 4 rings (SSSR count). The van der Waals surface area contributed by atoms with Crippen molar-refractivity contribution in [2.45, 2.75) is 52.4 Å². The van der Waals surface area contributed by atoms with Crippen LogP contribution in [-0.4, -0.2) is 36.9 Å². The highest BCUT2D eigenvalue weighted by Gasteiger charge is 2.22. The fraction of sp³-hybridized carbons (Fsp3) is 0.429. The number of methoxy groups -OCH3 is 2. The standard InChI is InChI=1S/C28H34N2O5/c1-18-15-25(35-24-10-12-29-22-17-27(34-4)26(33-3)16-21(22)24)19(2)14-23(18)30(28(31)32)13-11-20-8-6-5-7-9-20/h10,12,14-17,20H,5-9,11,13H2,1-4H3,(H,31,32). The number of nitrogens with zero attached hydrogens (tertiary/aromatic N) is 2. The van der Waals surface area contributed by atoms with Crippen molar-refractivity contribution in [3.05, 3.63) is 47.7 Å². The maximum Gasteiger partial charge on any atom is 0.411 e. The summed E-state index contributed by atoms with van der Waals surface area (Å²) in [4.78, 5) is 18.1. The number of carboxylic acid groups (broad SMARTS) is 1. The topological polar surface area (TPSA) is 81.1 Å². The van der Waals surface area contributed by atoms with Crippen LogP contribution in [0.2, 0.25) is 0 Å². The largest absolute Gasteiger partial charge is 0.493 e. The molecule has 1 fully saturated rings. The summed E-state index contributed by atoms with van der Waals surface area (Å²) in [5.74, 6) is 3.12. The second-order valence-electron chi connectivity index (χ2n) is 9.27. The molecule has 0 bridgehead atoms. The zero-order valence-electron chi connectivity index (χ0n) is 21.0. The van der Waals surface area contributed by atoms with Crippen LogP contribution in [0.25, 0.3) is 10.9 Å². The first-order chi connectivity index (χ1) is 16.9. The molecule has 1 heterocycles. The molecule has 0 atom stereocenters. The number of aryl methyl sites for hydroxylation is 2. The van der Waals surface area contributed by atoms with Crippen LogP contribution < -0.4 is 19.1 Å². The predicted molar refractivity (Wildman–Crippen MR) is 137 cm³/mol. The summed E-state index contributed by atoms with van der Waals surface area (Å²) in [6, 6.07) is 9.30. The van der Waals surface area contributed by atoms with E-state index in [9.17, 15) is 9.90 Å². The van der Waals surface area contributed by atoms with E-state index in [1.165, 1.54) is 37.0 Å². The third-order valence-corrected chi connectivity index (χ3v) is 6.93. The lowest BCUT2D eigenvalue weighted by molar-refractivity contribution is 0.200. The Labute approximate surface area is 206 Å². The Morgan fingerprint density at radius 2 is 1.69 bits per heavy atom. The fourth-order valence-corrected chi connectivity index (χ4v) is 4.94. The molecule has 186 valence electrons. The SMILES string of the molecule is COc1cc2nccc(Oc3cc(C)c(N(CCC4CCCCC4)C(=O)O)cc3C)c2cc1OC. The van der Waals surface area contributed by atoms with E-state index in [-0.39, 0.29) is 0 Å². The van der Waals surface area contributed by atoms with E-state index in [1.807, 2.05) is 44.2 Å². The van der Waals surface area contributed by atoms with Crippen LogP contribution in [0, 0.1) is 19.8 Å². The number of pyridine rings is 1. The number of hydrogen-bond donors (Lipinski definition) is 1. The van der Waals surface area contributed by atoms with Gasteiger partial charge in [-0.1, -0.05) is 32.1 Å². The summed E-state index contributed by atoms with van der Waals surface area (Å²) < 4.78 is 17.2.